The molecule has 0 radical (unpaired) electrons. The van der Waals surface area contributed by atoms with E-state index in [2.05, 4.69) is 13.8 Å². The molecular weight excluding hydrogens is 544 g/mol. The molecule has 0 bridgehead atoms. The predicted molar refractivity (Wildman–Crippen MR) is 168 cm³/mol. The quantitative estimate of drug-likeness (QED) is 0.0556. The number of hydrogen-bond acceptors (Lipinski definition) is 7. The van der Waals surface area contributed by atoms with Crippen molar-refractivity contribution in [1.29, 1.82) is 0 Å². The standard InChI is InChI=1S/C36H62O7/c1-27-31(41-27)21-17-13-9-5-3-7-11-15-19-23-39-35(37)29-25-33-34(43-33)26-30(29)36(38)40-24-20-16-12-8-4-6-10-14-18-22-32-28(2)42-32/h27-34H,3-26H2,1-2H3. The summed E-state index contributed by atoms with van der Waals surface area (Å²) in [5, 5.41) is 0. The fourth-order valence-electron chi connectivity index (χ4n) is 6.94. The lowest BCUT2D eigenvalue weighted by atomic mass is 9.79. The van der Waals surface area contributed by atoms with Crippen LogP contribution in [0.1, 0.15) is 155 Å². The van der Waals surface area contributed by atoms with Crippen LogP contribution in [-0.2, 0) is 33.3 Å². The van der Waals surface area contributed by atoms with Gasteiger partial charge in [-0.3, -0.25) is 9.59 Å². The molecule has 3 aliphatic heterocycles. The van der Waals surface area contributed by atoms with Crippen molar-refractivity contribution in [3.63, 3.8) is 0 Å². The number of ether oxygens (including phenoxy) is 5. The monoisotopic (exact) mass is 606 g/mol. The Morgan fingerprint density at radius 2 is 0.791 bits per heavy atom. The first-order valence-corrected chi connectivity index (χ1v) is 18.3. The van der Waals surface area contributed by atoms with Gasteiger partial charge in [-0.25, -0.2) is 0 Å². The number of carbonyl (C=O) groups is 2. The van der Waals surface area contributed by atoms with E-state index in [0.29, 0.717) is 50.5 Å². The molecule has 0 N–H and O–H groups in total. The number of epoxide rings is 3. The van der Waals surface area contributed by atoms with Crippen LogP contribution in [0, 0.1) is 11.8 Å². The van der Waals surface area contributed by atoms with Gasteiger partial charge in [0.05, 0.1) is 61.7 Å². The van der Waals surface area contributed by atoms with Crippen LogP contribution in [0.2, 0.25) is 0 Å². The second-order valence-corrected chi connectivity index (χ2v) is 13.9. The molecule has 8 atom stereocenters. The van der Waals surface area contributed by atoms with Crippen molar-refractivity contribution in [1.82, 2.24) is 0 Å². The average molecular weight is 607 g/mol. The lowest BCUT2D eigenvalue weighted by molar-refractivity contribution is -0.162. The molecule has 3 heterocycles. The summed E-state index contributed by atoms with van der Waals surface area (Å²) >= 11 is 0. The van der Waals surface area contributed by atoms with Crippen LogP contribution in [0.3, 0.4) is 0 Å². The van der Waals surface area contributed by atoms with Crippen LogP contribution >= 0.6 is 0 Å². The smallest absolute Gasteiger partial charge is 0.309 e. The second kappa shape index (κ2) is 19.4. The zero-order valence-corrected chi connectivity index (χ0v) is 27.4. The van der Waals surface area contributed by atoms with Gasteiger partial charge in [0.1, 0.15) is 0 Å². The molecule has 1 saturated carbocycles. The van der Waals surface area contributed by atoms with E-state index in [1.807, 2.05) is 0 Å². The Morgan fingerprint density at radius 1 is 0.488 bits per heavy atom. The van der Waals surface area contributed by atoms with Crippen LogP contribution in [-0.4, -0.2) is 61.8 Å². The van der Waals surface area contributed by atoms with E-state index in [1.54, 1.807) is 0 Å². The van der Waals surface area contributed by atoms with Gasteiger partial charge in [-0.2, -0.15) is 0 Å². The van der Waals surface area contributed by atoms with Crippen molar-refractivity contribution in [3.05, 3.63) is 0 Å². The molecule has 248 valence electrons. The lowest BCUT2D eigenvalue weighted by Gasteiger charge is -2.26. The maximum Gasteiger partial charge on any atom is 0.309 e. The summed E-state index contributed by atoms with van der Waals surface area (Å²) in [4.78, 5) is 25.8. The molecule has 4 fully saturated rings. The Bertz CT molecular complexity index is 738. The molecule has 4 aliphatic rings. The maximum absolute atomic E-state index is 12.9. The van der Waals surface area contributed by atoms with E-state index >= 15 is 0 Å². The summed E-state index contributed by atoms with van der Waals surface area (Å²) in [5.74, 6) is -1.33. The normalized spacial score (nSPS) is 30.5. The first kappa shape index (κ1) is 34.7. The highest BCUT2D eigenvalue weighted by Crippen LogP contribution is 2.44. The molecule has 1 aliphatic carbocycles. The van der Waals surface area contributed by atoms with Gasteiger partial charge in [-0.05, 0) is 52.4 Å². The van der Waals surface area contributed by atoms with Gasteiger partial charge >= 0.3 is 11.9 Å². The number of carbonyl (C=O) groups excluding carboxylic acids is 2. The summed E-state index contributed by atoms with van der Waals surface area (Å²) in [5.41, 5.74) is 0. The molecule has 7 nitrogen and oxygen atoms in total. The van der Waals surface area contributed by atoms with Crippen LogP contribution in [0.5, 0.6) is 0 Å². The molecule has 3 saturated heterocycles. The topological polar surface area (TPSA) is 90.2 Å². The molecule has 0 aromatic heterocycles. The van der Waals surface area contributed by atoms with Gasteiger partial charge in [0.15, 0.2) is 0 Å². The fourth-order valence-corrected chi connectivity index (χ4v) is 6.94. The van der Waals surface area contributed by atoms with Gasteiger partial charge in [0.25, 0.3) is 0 Å². The summed E-state index contributed by atoms with van der Waals surface area (Å²) in [6.07, 6.45) is 27.9. The minimum atomic E-state index is -0.425. The largest absolute Gasteiger partial charge is 0.465 e. The number of rotatable bonds is 26. The van der Waals surface area contributed by atoms with E-state index < -0.39 is 11.8 Å². The van der Waals surface area contributed by atoms with Crippen molar-refractivity contribution in [3.8, 4) is 0 Å². The van der Waals surface area contributed by atoms with Gasteiger partial charge in [-0.15, -0.1) is 0 Å². The number of esters is 2. The Kier molecular flexibility index (Phi) is 15.6. The zero-order chi connectivity index (χ0) is 30.3. The van der Waals surface area contributed by atoms with E-state index in [1.165, 1.54) is 103 Å². The van der Waals surface area contributed by atoms with E-state index in [9.17, 15) is 9.59 Å². The molecule has 0 aromatic carbocycles. The third kappa shape index (κ3) is 13.8. The molecule has 0 aromatic rings. The molecule has 7 heteroatoms. The first-order valence-electron chi connectivity index (χ1n) is 18.3. The summed E-state index contributed by atoms with van der Waals surface area (Å²) in [6, 6.07) is 0. The number of unbranched alkanes of at least 4 members (excludes halogenated alkanes) is 16. The van der Waals surface area contributed by atoms with Gasteiger partial charge in [0.2, 0.25) is 0 Å². The van der Waals surface area contributed by atoms with Crippen LogP contribution in [0.15, 0.2) is 0 Å². The third-order valence-corrected chi connectivity index (χ3v) is 10.2. The first-order chi connectivity index (χ1) is 21.0. The Labute approximate surface area is 261 Å². The summed E-state index contributed by atoms with van der Waals surface area (Å²) in [7, 11) is 0. The van der Waals surface area contributed by atoms with Crippen LogP contribution in [0.25, 0.3) is 0 Å². The van der Waals surface area contributed by atoms with Gasteiger partial charge in [-0.1, -0.05) is 103 Å². The molecule has 43 heavy (non-hydrogen) atoms. The number of fused-ring (bicyclic) bond motifs is 1. The van der Waals surface area contributed by atoms with Crippen molar-refractivity contribution >= 4 is 11.9 Å². The van der Waals surface area contributed by atoms with Crippen molar-refractivity contribution in [2.75, 3.05) is 13.2 Å². The number of hydrogen-bond donors (Lipinski definition) is 0. The SMILES string of the molecule is CC1OC1CCCCCCCCCCCOC(=O)C1CC2OC2CC1C(=O)OCCCCCCCCCCCC1OC1C. The minimum Gasteiger partial charge on any atom is -0.465 e. The molecule has 0 amide bonds. The Balaban J connectivity index is 0.944. The molecule has 8 unspecified atom stereocenters. The highest BCUT2D eigenvalue weighted by molar-refractivity contribution is 5.82. The molecular formula is C36H62O7. The van der Waals surface area contributed by atoms with Crippen molar-refractivity contribution < 1.29 is 33.3 Å². The molecule has 4 rings (SSSR count). The maximum atomic E-state index is 12.9. The van der Waals surface area contributed by atoms with Crippen LogP contribution in [0.4, 0.5) is 0 Å². The average Bonchev–Trinajstić information content (AvgIpc) is 3.94. The van der Waals surface area contributed by atoms with Gasteiger partial charge < -0.3 is 23.7 Å². The fraction of sp³-hybridized carbons (Fsp3) is 0.944. The predicted octanol–water partition coefficient (Wildman–Crippen LogP) is 8.24. The third-order valence-electron chi connectivity index (χ3n) is 10.2. The summed E-state index contributed by atoms with van der Waals surface area (Å²) < 4.78 is 27.9. The minimum absolute atomic E-state index is 0.114. The molecule has 0 spiro atoms. The Hall–Kier alpha value is -1.18. The zero-order valence-electron chi connectivity index (χ0n) is 27.4. The Morgan fingerprint density at radius 3 is 1.12 bits per heavy atom. The van der Waals surface area contributed by atoms with Crippen molar-refractivity contribution in [2.45, 2.75) is 192 Å². The van der Waals surface area contributed by atoms with Crippen molar-refractivity contribution in [2.24, 2.45) is 11.8 Å². The van der Waals surface area contributed by atoms with Gasteiger partial charge in [0, 0.05) is 0 Å². The summed E-state index contributed by atoms with van der Waals surface area (Å²) in [6.45, 7) is 5.21. The highest BCUT2D eigenvalue weighted by Gasteiger charge is 2.53. The van der Waals surface area contributed by atoms with E-state index in [-0.39, 0.29) is 24.1 Å². The lowest BCUT2D eigenvalue weighted by Crippen LogP contribution is -2.37. The highest BCUT2D eigenvalue weighted by atomic mass is 16.6. The van der Waals surface area contributed by atoms with Crippen LogP contribution < -0.4 is 0 Å². The van der Waals surface area contributed by atoms with E-state index in [4.69, 9.17) is 23.7 Å². The second-order valence-electron chi connectivity index (χ2n) is 13.9. The van der Waals surface area contributed by atoms with E-state index in [0.717, 1.165) is 25.7 Å².